The van der Waals surface area contributed by atoms with E-state index in [9.17, 15) is 10.1 Å². The minimum atomic E-state index is -0.520. The fourth-order valence-electron chi connectivity index (χ4n) is 1.65. The molecule has 0 bridgehead atoms. The maximum absolute atomic E-state index is 11.0. The van der Waals surface area contributed by atoms with Crippen molar-refractivity contribution in [3.8, 4) is 11.6 Å². The van der Waals surface area contributed by atoms with Gasteiger partial charge in [-0.05, 0) is 18.6 Å². The van der Waals surface area contributed by atoms with Crippen LogP contribution in [0, 0.1) is 17.0 Å². The van der Waals surface area contributed by atoms with Crippen molar-refractivity contribution in [3.63, 3.8) is 0 Å². The smallest absolute Gasteiger partial charge is 0.311 e. The lowest BCUT2D eigenvalue weighted by Gasteiger charge is -2.08. The van der Waals surface area contributed by atoms with Crippen LogP contribution in [-0.4, -0.2) is 22.0 Å². The predicted molar refractivity (Wildman–Crippen MR) is 75.7 cm³/mol. The van der Waals surface area contributed by atoms with Gasteiger partial charge in [0, 0.05) is 19.2 Å². The summed E-state index contributed by atoms with van der Waals surface area (Å²) in [6.45, 7) is 1.97. The Balaban J connectivity index is 2.37. The molecule has 0 unspecified atom stereocenters. The van der Waals surface area contributed by atoms with E-state index in [2.05, 4.69) is 9.97 Å². The summed E-state index contributed by atoms with van der Waals surface area (Å²) >= 11 is 5.87. The van der Waals surface area contributed by atoms with Crippen molar-refractivity contribution in [2.75, 3.05) is 7.11 Å². The first-order valence-corrected chi connectivity index (χ1v) is 6.32. The normalized spacial score (nSPS) is 10.4. The summed E-state index contributed by atoms with van der Waals surface area (Å²) in [5.41, 5.74) is 0.677. The van der Waals surface area contributed by atoms with Crippen molar-refractivity contribution in [3.05, 3.63) is 50.9 Å². The molecule has 0 spiro atoms. The number of aromatic nitrogens is 2. The average molecular weight is 310 g/mol. The van der Waals surface area contributed by atoms with Crippen molar-refractivity contribution < 1.29 is 14.4 Å². The third-order valence-electron chi connectivity index (χ3n) is 2.52. The Kier molecular flexibility index (Phi) is 4.66. The van der Waals surface area contributed by atoms with Gasteiger partial charge in [0.05, 0.1) is 4.92 Å². The van der Waals surface area contributed by atoms with Crippen LogP contribution in [0.3, 0.4) is 0 Å². The monoisotopic (exact) mass is 309 g/mol. The molecule has 0 aliphatic carbocycles. The van der Waals surface area contributed by atoms with Gasteiger partial charge in [0.15, 0.2) is 5.82 Å². The van der Waals surface area contributed by atoms with E-state index in [0.29, 0.717) is 5.82 Å². The zero-order chi connectivity index (χ0) is 15.4. The topological polar surface area (TPSA) is 87.4 Å². The fraction of sp³-hybridized carbons (Fsp3) is 0.231. The van der Waals surface area contributed by atoms with Crippen LogP contribution >= 0.6 is 11.6 Å². The molecule has 0 saturated heterocycles. The van der Waals surface area contributed by atoms with Gasteiger partial charge in [-0.15, -0.1) is 0 Å². The quantitative estimate of drug-likeness (QED) is 0.478. The number of methoxy groups -OCH3 is 1. The number of nitro groups is 1. The zero-order valence-corrected chi connectivity index (χ0v) is 12.1. The highest BCUT2D eigenvalue weighted by atomic mass is 35.5. The van der Waals surface area contributed by atoms with E-state index in [-0.39, 0.29) is 29.1 Å². The van der Waals surface area contributed by atoms with Crippen LogP contribution in [0.25, 0.3) is 0 Å². The molecule has 0 amide bonds. The first-order chi connectivity index (χ1) is 9.99. The van der Waals surface area contributed by atoms with Crippen molar-refractivity contribution in [2.45, 2.75) is 13.5 Å². The third-order valence-corrected chi connectivity index (χ3v) is 2.71. The van der Waals surface area contributed by atoms with Crippen LogP contribution in [0.1, 0.15) is 11.4 Å². The molecule has 0 fully saturated rings. The van der Waals surface area contributed by atoms with Crippen molar-refractivity contribution in [1.82, 2.24) is 9.97 Å². The lowest BCUT2D eigenvalue weighted by molar-refractivity contribution is -0.385. The Hall–Kier alpha value is -2.25. The van der Waals surface area contributed by atoms with Gasteiger partial charge in [-0.25, -0.2) is 4.98 Å². The Morgan fingerprint density at radius 3 is 2.76 bits per heavy atom. The van der Waals surface area contributed by atoms with Gasteiger partial charge in [0.2, 0.25) is 11.6 Å². The van der Waals surface area contributed by atoms with Gasteiger partial charge in [-0.2, -0.15) is 4.98 Å². The Morgan fingerprint density at radius 1 is 1.33 bits per heavy atom. The number of halogens is 1. The van der Waals surface area contributed by atoms with Crippen LogP contribution < -0.4 is 4.74 Å². The lowest BCUT2D eigenvalue weighted by Crippen LogP contribution is -2.00. The number of nitrogens with zero attached hydrogens (tertiary/aromatic N) is 3. The van der Waals surface area contributed by atoms with E-state index in [0.717, 1.165) is 5.56 Å². The molecule has 110 valence electrons. The second-order valence-electron chi connectivity index (χ2n) is 4.21. The molecule has 0 aliphatic rings. The summed E-state index contributed by atoms with van der Waals surface area (Å²) in [7, 11) is 1.50. The molecule has 7 nitrogen and oxygen atoms in total. The van der Waals surface area contributed by atoms with E-state index < -0.39 is 4.92 Å². The van der Waals surface area contributed by atoms with Crippen LogP contribution in [-0.2, 0) is 11.3 Å². The van der Waals surface area contributed by atoms with Gasteiger partial charge in [-0.1, -0.05) is 17.7 Å². The van der Waals surface area contributed by atoms with Crippen molar-refractivity contribution in [1.29, 1.82) is 0 Å². The maximum atomic E-state index is 11.0. The molecule has 1 aromatic carbocycles. The number of hydrogen-bond acceptors (Lipinski definition) is 6. The first-order valence-electron chi connectivity index (χ1n) is 5.95. The summed E-state index contributed by atoms with van der Waals surface area (Å²) in [6, 6.07) is 5.95. The molecule has 0 radical (unpaired) electrons. The highest BCUT2D eigenvalue weighted by Crippen LogP contribution is 2.32. The van der Waals surface area contributed by atoms with E-state index in [1.54, 1.807) is 19.1 Å². The molecular formula is C13H12ClN3O4. The van der Waals surface area contributed by atoms with E-state index >= 15 is 0 Å². The molecule has 2 aromatic rings. The Labute approximate surface area is 125 Å². The summed E-state index contributed by atoms with van der Waals surface area (Å²) < 4.78 is 10.4. The molecule has 21 heavy (non-hydrogen) atoms. The Bertz CT molecular complexity index is 678. The number of benzene rings is 1. The molecule has 8 heteroatoms. The van der Waals surface area contributed by atoms with E-state index in [1.165, 1.54) is 19.2 Å². The second kappa shape index (κ2) is 6.47. The van der Waals surface area contributed by atoms with Gasteiger partial charge in [0.25, 0.3) is 0 Å². The van der Waals surface area contributed by atoms with Gasteiger partial charge in [-0.3, -0.25) is 10.1 Å². The third kappa shape index (κ3) is 3.87. The summed E-state index contributed by atoms with van der Waals surface area (Å²) in [5, 5.41) is 11.2. The molecule has 0 aliphatic heterocycles. The predicted octanol–water partition coefficient (Wildman–Crippen LogP) is 3.29. The number of aryl methyl sites for hydroxylation is 1. The lowest BCUT2D eigenvalue weighted by atomic mass is 10.2. The number of rotatable bonds is 5. The molecule has 1 heterocycles. The maximum Gasteiger partial charge on any atom is 0.311 e. The van der Waals surface area contributed by atoms with Crippen molar-refractivity contribution in [2.24, 2.45) is 0 Å². The number of ether oxygens (including phenoxy) is 2. The van der Waals surface area contributed by atoms with Crippen LogP contribution in [0.5, 0.6) is 11.6 Å². The van der Waals surface area contributed by atoms with Gasteiger partial charge >= 0.3 is 5.69 Å². The molecular weight excluding hydrogens is 298 g/mol. The van der Waals surface area contributed by atoms with Crippen LogP contribution in [0.15, 0.2) is 24.3 Å². The second-order valence-corrected chi connectivity index (χ2v) is 4.60. The number of nitro benzene ring substituents is 1. The summed E-state index contributed by atoms with van der Waals surface area (Å²) in [6.07, 6.45) is 0. The molecule has 2 rings (SSSR count). The minimum absolute atomic E-state index is 0.0955. The van der Waals surface area contributed by atoms with E-state index in [1.807, 2.05) is 0 Å². The minimum Gasteiger partial charge on any atom is -0.432 e. The average Bonchev–Trinajstić information content (AvgIpc) is 2.38. The van der Waals surface area contributed by atoms with Crippen LogP contribution in [0.4, 0.5) is 5.69 Å². The van der Waals surface area contributed by atoms with Gasteiger partial charge < -0.3 is 9.47 Å². The SMILES string of the molecule is COCc1nc(Cl)cc(Oc2cc(C)ccc2[N+](=O)[O-])n1. The molecule has 0 saturated carbocycles. The summed E-state index contributed by atoms with van der Waals surface area (Å²) in [5.74, 6) is 0.546. The van der Waals surface area contributed by atoms with Gasteiger partial charge in [0.1, 0.15) is 11.8 Å². The molecule has 1 aromatic heterocycles. The fourth-order valence-corrected chi connectivity index (χ4v) is 1.85. The Morgan fingerprint density at radius 2 is 2.10 bits per heavy atom. The van der Waals surface area contributed by atoms with Crippen molar-refractivity contribution >= 4 is 17.3 Å². The highest BCUT2D eigenvalue weighted by Gasteiger charge is 2.17. The van der Waals surface area contributed by atoms with Crippen LogP contribution in [0.2, 0.25) is 5.15 Å². The molecule has 0 N–H and O–H groups in total. The standard InChI is InChI=1S/C13H12ClN3O4/c1-8-3-4-9(17(18)19)10(5-8)21-13-6-11(14)15-12(16-13)7-20-2/h3-6H,7H2,1-2H3. The zero-order valence-electron chi connectivity index (χ0n) is 11.4. The summed E-state index contributed by atoms with van der Waals surface area (Å²) in [4.78, 5) is 18.5. The van der Waals surface area contributed by atoms with E-state index in [4.69, 9.17) is 21.1 Å². The largest absolute Gasteiger partial charge is 0.432 e. The molecule has 0 atom stereocenters. The highest BCUT2D eigenvalue weighted by molar-refractivity contribution is 6.29. The first kappa shape index (κ1) is 15.1. The number of hydrogen-bond donors (Lipinski definition) is 0.